The van der Waals surface area contributed by atoms with Gasteiger partial charge in [0.25, 0.3) is 0 Å². The molecule has 1 aliphatic rings. The number of rotatable bonds is 8. The molecule has 0 radical (unpaired) electrons. The van der Waals surface area contributed by atoms with Gasteiger partial charge in [-0.2, -0.15) is 0 Å². The van der Waals surface area contributed by atoms with Crippen molar-refractivity contribution in [2.24, 2.45) is 5.73 Å². The Bertz CT molecular complexity index is 533. The summed E-state index contributed by atoms with van der Waals surface area (Å²) in [5.74, 6) is 0.495. The van der Waals surface area contributed by atoms with Crippen molar-refractivity contribution in [1.82, 2.24) is 4.90 Å². The van der Waals surface area contributed by atoms with Crippen molar-refractivity contribution in [3.63, 3.8) is 0 Å². The van der Waals surface area contributed by atoms with Crippen LogP contribution in [0.15, 0.2) is 18.2 Å². The molecule has 1 aromatic carbocycles. The Morgan fingerprint density at radius 2 is 2.04 bits per heavy atom. The molecule has 0 bridgehead atoms. The Morgan fingerprint density at radius 1 is 1.38 bits per heavy atom. The van der Waals surface area contributed by atoms with Gasteiger partial charge in [-0.3, -0.25) is 0 Å². The molecule has 5 nitrogen and oxygen atoms in total. The summed E-state index contributed by atoms with van der Waals surface area (Å²) in [6, 6.07) is 4.82. The van der Waals surface area contributed by atoms with E-state index in [-0.39, 0.29) is 12.6 Å². The summed E-state index contributed by atoms with van der Waals surface area (Å²) < 4.78 is 5.59. The van der Waals surface area contributed by atoms with Gasteiger partial charge in [0.05, 0.1) is 16.7 Å². The molecule has 24 heavy (non-hydrogen) atoms. The van der Waals surface area contributed by atoms with E-state index < -0.39 is 11.7 Å². The Morgan fingerprint density at radius 3 is 2.62 bits per heavy atom. The van der Waals surface area contributed by atoms with Crippen molar-refractivity contribution in [3.8, 4) is 5.75 Å². The summed E-state index contributed by atoms with van der Waals surface area (Å²) in [5, 5.41) is 20.9. The molecular weight excluding hydrogens is 328 g/mol. The summed E-state index contributed by atoms with van der Waals surface area (Å²) in [7, 11) is 0. The zero-order chi connectivity index (χ0) is 17.7. The topological polar surface area (TPSA) is 78.9 Å². The molecule has 1 aromatic rings. The van der Waals surface area contributed by atoms with E-state index in [0.29, 0.717) is 29.3 Å². The van der Waals surface area contributed by atoms with Crippen LogP contribution in [0.5, 0.6) is 5.75 Å². The maximum absolute atomic E-state index is 10.5. The number of nitrogens with zero attached hydrogens (tertiary/aromatic N) is 1. The molecule has 4 N–H and O–H groups in total. The number of hydrogen-bond donors (Lipinski definition) is 3. The predicted octanol–water partition coefficient (Wildman–Crippen LogP) is 2.34. The zero-order valence-corrected chi connectivity index (χ0v) is 15.3. The van der Waals surface area contributed by atoms with Gasteiger partial charge >= 0.3 is 0 Å². The van der Waals surface area contributed by atoms with Crippen LogP contribution in [0.2, 0.25) is 5.02 Å². The standard InChI is InChI=1S/C18H29ClN2O3/c1-3-18(2,23)12-24-16-7-6-13(10-14(16)19)17(22)15(20)11-21-8-4-5-9-21/h6-7,10,15,17,22-23H,3-5,8-9,11-12,20H2,1-2H3/t15-,17?,18?/m1/s1. The van der Waals surface area contributed by atoms with Crippen molar-refractivity contribution in [1.29, 1.82) is 0 Å². The van der Waals surface area contributed by atoms with Crippen LogP contribution in [-0.2, 0) is 0 Å². The predicted molar refractivity (Wildman–Crippen MR) is 96.5 cm³/mol. The Hall–Kier alpha value is -0.850. The molecule has 136 valence electrons. The number of aliphatic hydroxyl groups excluding tert-OH is 1. The minimum absolute atomic E-state index is 0.166. The number of hydrogen-bond acceptors (Lipinski definition) is 5. The molecule has 1 aliphatic heterocycles. The lowest BCUT2D eigenvalue weighted by molar-refractivity contribution is 0.00848. The highest BCUT2D eigenvalue weighted by atomic mass is 35.5. The molecule has 0 aromatic heterocycles. The first-order valence-corrected chi connectivity index (χ1v) is 9.01. The number of ether oxygens (including phenoxy) is 1. The molecule has 0 spiro atoms. The summed E-state index contributed by atoms with van der Waals surface area (Å²) in [4.78, 5) is 2.28. The van der Waals surface area contributed by atoms with Gasteiger partial charge in [-0.1, -0.05) is 24.6 Å². The third kappa shape index (κ3) is 5.33. The highest BCUT2D eigenvalue weighted by molar-refractivity contribution is 6.32. The molecule has 0 saturated carbocycles. The highest BCUT2D eigenvalue weighted by Gasteiger charge is 2.23. The first-order chi connectivity index (χ1) is 11.3. The maximum Gasteiger partial charge on any atom is 0.138 e. The van der Waals surface area contributed by atoms with E-state index >= 15 is 0 Å². The van der Waals surface area contributed by atoms with Crippen LogP contribution in [-0.4, -0.2) is 53.0 Å². The molecule has 1 heterocycles. The Balaban J connectivity index is 1.97. The second-order valence-corrected chi connectivity index (χ2v) is 7.35. The van der Waals surface area contributed by atoms with Gasteiger partial charge in [0.1, 0.15) is 12.4 Å². The first kappa shape index (κ1) is 19.5. The second-order valence-electron chi connectivity index (χ2n) is 6.95. The monoisotopic (exact) mass is 356 g/mol. The van der Waals surface area contributed by atoms with Crippen molar-refractivity contribution in [3.05, 3.63) is 28.8 Å². The number of halogens is 1. The largest absolute Gasteiger partial charge is 0.489 e. The van der Waals surface area contributed by atoms with Crippen LogP contribution in [0.4, 0.5) is 0 Å². The molecule has 2 unspecified atom stereocenters. The van der Waals surface area contributed by atoms with Gasteiger partial charge in [-0.15, -0.1) is 0 Å². The summed E-state index contributed by atoms with van der Waals surface area (Å²) in [5.41, 5.74) is 5.94. The van der Waals surface area contributed by atoms with E-state index in [0.717, 1.165) is 13.1 Å². The number of aliphatic hydroxyl groups is 2. The molecule has 0 amide bonds. The Labute approximate surface area is 149 Å². The molecule has 2 rings (SSSR count). The third-order valence-corrected chi connectivity index (χ3v) is 4.97. The number of benzene rings is 1. The Kier molecular flexibility index (Phi) is 6.89. The SMILES string of the molecule is CCC(C)(O)COc1ccc(C(O)[C@H](N)CN2CCCC2)cc1Cl. The van der Waals surface area contributed by atoms with Gasteiger partial charge in [0.2, 0.25) is 0 Å². The second kappa shape index (κ2) is 8.50. The fraction of sp³-hybridized carbons (Fsp3) is 0.667. The van der Waals surface area contributed by atoms with Crippen LogP contribution >= 0.6 is 11.6 Å². The molecular formula is C18H29ClN2O3. The summed E-state index contributed by atoms with van der Waals surface area (Å²) in [6.07, 6.45) is 2.22. The summed E-state index contributed by atoms with van der Waals surface area (Å²) in [6.45, 7) is 6.55. The van der Waals surface area contributed by atoms with Crippen molar-refractivity contribution < 1.29 is 14.9 Å². The third-order valence-electron chi connectivity index (χ3n) is 4.67. The van der Waals surface area contributed by atoms with Gasteiger partial charge in [0, 0.05) is 12.6 Å². The molecule has 1 saturated heterocycles. The van der Waals surface area contributed by atoms with Gasteiger partial charge in [0.15, 0.2) is 0 Å². The van der Waals surface area contributed by atoms with Crippen LogP contribution in [0.25, 0.3) is 0 Å². The quantitative estimate of drug-likeness (QED) is 0.666. The van der Waals surface area contributed by atoms with E-state index in [1.165, 1.54) is 12.8 Å². The van der Waals surface area contributed by atoms with Crippen molar-refractivity contribution in [2.45, 2.75) is 50.9 Å². The lowest BCUT2D eigenvalue weighted by Crippen LogP contribution is -2.40. The van der Waals surface area contributed by atoms with E-state index in [1.54, 1.807) is 25.1 Å². The lowest BCUT2D eigenvalue weighted by atomic mass is 10.0. The molecule has 1 fully saturated rings. The fourth-order valence-electron chi connectivity index (χ4n) is 2.76. The van der Waals surface area contributed by atoms with Gasteiger partial charge in [-0.05, 0) is 57.0 Å². The van der Waals surface area contributed by atoms with Crippen LogP contribution in [0.1, 0.15) is 44.8 Å². The average Bonchev–Trinajstić information content (AvgIpc) is 3.06. The summed E-state index contributed by atoms with van der Waals surface area (Å²) >= 11 is 6.25. The van der Waals surface area contributed by atoms with Gasteiger partial charge < -0.3 is 25.6 Å². The van der Waals surface area contributed by atoms with Crippen LogP contribution < -0.4 is 10.5 Å². The minimum Gasteiger partial charge on any atom is -0.489 e. The van der Waals surface area contributed by atoms with E-state index in [2.05, 4.69) is 4.90 Å². The van der Waals surface area contributed by atoms with Gasteiger partial charge in [-0.25, -0.2) is 0 Å². The van der Waals surface area contributed by atoms with E-state index in [1.807, 2.05) is 6.92 Å². The number of likely N-dealkylation sites (tertiary alicyclic amines) is 1. The molecule has 0 aliphatic carbocycles. The van der Waals surface area contributed by atoms with Crippen molar-refractivity contribution >= 4 is 11.6 Å². The molecule has 3 atom stereocenters. The van der Waals surface area contributed by atoms with Crippen LogP contribution in [0.3, 0.4) is 0 Å². The number of nitrogens with two attached hydrogens (primary N) is 1. The smallest absolute Gasteiger partial charge is 0.138 e. The fourth-order valence-corrected chi connectivity index (χ4v) is 3.01. The highest BCUT2D eigenvalue weighted by Crippen LogP contribution is 2.30. The van der Waals surface area contributed by atoms with E-state index in [9.17, 15) is 10.2 Å². The van der Waals surface area contributed by atoms with Crippen molar-refractivity contribution in [2.75, 3.05) is 26.2 Å². The maximum atomic E-state index is 10.5. The lowest BCUT2D eigenvalue weighted by Gasteiger charge is -2.25. The normalized spacial score (nSPS) is 20.6. The minimum atomic E-state index is -0.889. The van der Waals surface area contributed by atoms with Crippen LogP contribution in [0, 0.1) is 0 Å². The molecule has 6 heteroatoms. The first-order valence-electron chi connectivity index (χ1n) is 8.63. The van der Waals surface area contributed by atoms with E-state index in [4.69, 9.17) is 22.1 Å². The zero-order valence-electron chi connectivity index (χ0n) is 14.5. The average molecular weight is 357 g/mol.